The molecule has 148 valence electrons. The van der Waals surface area contributed by atoms with E-state index >= 15 is 0 Å². The number of nitro benzene ring substituents is 1. The number of benzene rings is 2. The Bertz CT molecular complexity index is 931. The Hall–Kier alpha value is -3.30. The predicted molar refractivity (Wildman–Crippen MR) is 94.1 cm³/mol. The highest BCUT2D eigenvalue weighted by Gasteiger charge is 2.29. The predicted octanol–water partition coefficient (Wildman–Crippen LogP) is 2.98. The van der Waals surface area contributed by atoms with E-state index in [1.165, 1.54) is 18.1 Å². The Labute approximate surface area is 158 Å². The lowest BCUT2D eigenvalue weighted by Crippen LogP contribution is -2.49. The standard InChI is InChI=1S/C18H16F3N3O4/c1-28-17-10-15(16(24(26)27)9-14(17)21)22-4-6-23(7-5-22)18(25)12-3-2-11(19)8-13(12)20/h2-3,8-10H,4-7H2,1H3. The fourth-order valence-corrected chi connectivity index (χ4v) is 3.07. The van der Waals surface area contributed by atoms with Gasteiger partial charge in [0.1, 0.15) is 17.3 Å². The van der Waals surface area contributed by atoms with Crippen LogP contribution in [0.25, 0.3) is 0 Å². The van der Waals surface area contributed by atoms with Gasteiger partial charge in [-0.2, -0.15) is 0 Å². The van der Waals surface area contributed by atoms with Crippen LogP contribution in [0.1, 0.15) is 10.4 Å². The Morgan fingerprint density at radius 1 is 1.07 bits per heavy atom. The second kappa shape index (κ2) is 7.75. The maximum Gasteiger partial charge on any atom is 0.295 e. The number of piperazine rings is 1. The van der Waals surface area contributed by atoms with Crippen molar-refractivity contribution in [2.24, 2.45) is 0 Å². The fraction of sp³-hybridized carbons (Fsp3) is 0.278. The van der Waals surface area contributed by atoms with E-state index in [0.717, 1.165) is 18.2 Å². The van der Waals surface area contributed by atoms with Gasteiger partial charge in [0.25, 0.3) is 11.6 Å². The van der Waals surface area contributed by atoms with Gasteiger partial charge in [0.2, 0.25) is 0 Å². The van der Waals surface area contributed by atoms with Crippen LogP contribution in [0.15, 0.2) is 30.3 Å². The molecule has 0 unspecified atom stereocenters. The van der Waals surface area contributed by atoms with E-state index in [0.29, 0.717) is 6.07 Å². The van der Waals surface area contributed by atoms with E-state index in [4.69, 9.17) is 4.74 Å². The van der Waals surface area contributed by atoms with Crippen LogP contribution in [-0.2, 0) is 0 Å². The number of hydrogen-bond donors (Lipinski definition) is 0. The van der Waals surface area contributed by atoms with Crippen LogP contribution in [0.2, 0.25) is 0 Å². The molecule has 0 aliphatic carbocycles. The molecule has 28 heavy (non-hydrogen) atoms. The van der Waals surface area contributed by atoms with Crippen LogP contribution in [0.3, 0.4) is 0 Å². The number of halogens is 3. The molecule has 1 fully saturated rings. The molecule has 2 aromatic rings. The summed E-state index contributed by atoms with van der Waals surface area (Å²) < 4.78 is 45.6. The van der Waals surface area contributed by atoms with Crippen molar-refractivity contribution in [2.75, 3.05) is 38.2 Å². The summed E-state index contributed by atoms with van der Waals surface area (Å²) >= 11 is 0. The molecule has 10 heteroatoms. The molecule has 2 aromatic carbocycles. The molecule has 1 aliphatic rings. The van der Waals surface area contributed by atoms with Gasteiger partial charge in [-0.05, 0) is 12.1 Å². The van der Waals surface area contributed by atoms with Gasteiger partial charge >= 0.3 is 0 Å². The van der Waals surface area contributed by atoms with Crippen LogP contribution in [0.5, 0.6) is 5.75 Å². The summed E-state index contributed by atoms with van der Waals surface area (Å²) in [6.45, 7) is 0.743. The summed E-state index contributed by atoms with van der Waals surface area (Å²) in [6.07, 6.45) is 0. The Morgan fingerprint density at radius 2 is 1.75 bits per heavy atom. The first-order valence-corrected chi connectivity index (χ1v) is 8.33. The highest BCUT2D eigenvalue weighted by molar-refractivity contribution is 5.94. The summed E-state index contributed by atoms with van der Waals surface area (Å²) in [7, 11) is 1.25. The minimum Gasteiger partial charge on any atom is -0.494 e. The topological polar surface area (TPSA) is 75.9 Å². The summed E-state index contributed by atoms with van der Waals surface area (Å²) in [6, 6.07) is 4.75. The zero-order valence-corrected chi connectivity index (χ0v) is 14.8. The third kappa shape index (κ3) is 3.71. The summed E-state index contributed by atoms with van der Waals surface area (Å²) in [5.74, 6) is -3.31. The van der Waals surface area contributed by atoms with E-state index in [1.807, 2.05) is 0 Å². The van der Waals surface area contributed by atoms with Crippen LogP contribution < -0.4 is 9.64 Å². The normalized spacial score (nSPS) is 14.1. The maximum atomic E-state index is 13.8. The summed E-state index contributed by atoms with van der Waals surface area (Å²) in [5, 5.41) is 11.3. The molecule has 1 heterocycles. The number of anilines is 1. The first kappa shape index (κ1) is 19.5. The highest BCUT2D eigenvalue weighted by Crippen LogP contribution is 2.35. The van der Waals surface area contributed by atoms with Crippen molar-refractivity contribution >= 4 is 17.3 Å². The van der Waals surface area contributed by atoms with E-state index < -0.39 is 34.0 Å². The summed E-state index contributed by atoms with van der Waals surface area (Å²) in [5.41, 5.74) is -0.491. The zero-order chi connectivity index (χ0) is 20.4. The second-order valence-electron chi connectivity index (χ2n) is 6.14. The second-order valence-corrected chi connectivity index (χ2v) is 6.14. The SMILES string of the molecule is COc1cc(N2CCN(C(=O)c3ccc(F)cc3F)CC2)c([N+](=O)[O-])cc1F. The van der Waals surface area contributed by atoms with Gasteiger partial charge < -0.3 is 14.5 Å². The molecule has 0 aromatic heterocycles. The molecule has 1 aliphatic heterocycles. The van der Waals surface area contributed by atoms with E-state index in [1.54, 1.807) is 4.90 Å². The van der Waals surface area contributed by atoms with Gasteiger partial charge in [-0.1, -0.05) is 0 Å². The number of hydrogen-bond acceptors (Lipinski definition) is 5. The van der Waals surface area contributed by atoms with E-state index in [9.17, 15) is 28.1 Å². The lowest BCUT2D eigenvalue weighted by atomic mass is 10.1. The number of rotatable bonds is 4. The van der Waals surface area contributed by atoms with Crippen molar-refractivity contribution in [3.8, 4) is 5.75 Å². The molecular formula is C18H16F3N3O4. The molecule has 0 radical (unpaired) electrons. The highest BCUT2D eigenvalue weighted by atomic mass is 19.1. The molecule has 0 saturated carbocycles. The average Bonchev–Trinajstić information content (AvgIpc) is 2.67. The molecule has 1 saturated heterocycles. The van der Waals surface area contributed by atoms with Crippen molar-refractivity contribution in [3.63, 3.8) is 0 Å². The number of ether oxygens (including phenoxy) is 1. The van der Waals surface area contributed by atoms with E-state index in [-0.39, 0.29) is 43.2 Å². The van der Waals surface area contributed by atoms with Gasteiger partial charge in [0.05, 0.1) is 23.7 Å². The van der Waals surface area contributed by atoms with Crippen LogP contribution in [-0.4, -0.2) is 49.0 Å². The minimum absolute atomic E-state index is 0.132. The number of methoxy groups -OCH3 is 1. The van der Waals surface area contributed by atoms with Crippen LogP contribution >= 0.6 is 0 Å². The molecular weight excluding hydrogens is 379 g/mol. The zero-order valence-electron chi connectivity index (χ0n) is 14.8. The van der Waals surface area contributed by atoms with Crippen molar-refractivity contribution in [1.82, 2.24) is 4.90 Å². The third-order valence-corrected chi connectivity index (χ3v) is 4.51. The van der Waals surface area contributed by atoms with Gasteiger partial charge in [-0.3, -0.25) is 14.9 Å². The maximum absolute atomic E-state index is 13.8. The first-order chi connectivity index (χ1) is 13.3. The number of nitrogens with zero attached hydrogens (tertiary/aromatic N) is 3. The molecule has 1 amide bonds. The average molecular weight is 395 g/mol. The number of amides is 1. The number of nitro groups is 1. The summed E-state index contributed by atoms with van der Waals surface area (Å²) in [4.78, 5) is 26.0. The smallest absolute Gasteiger partial charge is 0.295 e. The largest absolute Gasteiger partial charge is 0.494 e. The lowest BCUT2D eigenvalue weighted by Gasteiger charge is -2.36. The fourth-order valence-electron chi connectivity index (χ4n) is 3.07. The van der Waals surface area contributed by atoms with Crippen LogP contribution in [0, 0.1) is 27.6 Å². The van der Waals surface area contributed by atoms with Crippen LogP contribution in [0.4, 0.5) is 24.5 Å². The minimum atomic E-state index is -0.952. The van der Waals surface area contributed by atoms with Gasteiger partial charge in [0, 0.05) is 38.3 Å². The van der Waals surface area contributed by atoms with Crippen molar-refractivity contribution in [2.45, 2.75) is 0 Å². The molecule has 7 nitrogen and oxygen atoms in total. The molecule has 0 atom stereocenters. The Kier molecular flexibility index (Phi) is 5.39. The molecule has 3 rings (SSSR count). The van der Waals surface area contributed by atoms with Crippen molar-refractivity contribution < 1.29 is 27.6 Å². The monoisotopic (exact) mass is 395 g/mol. The third-order valence-electron chi connectivity index (χ3n) is 4.51. The number of carbonyl (C=O) groups excluding carboxylic acids is 1. The van der Waals surface area contributed by atoms with E-state index in [2.05, 4.69) is 0 Å². The first-order valence-electron chi connectivity index (χ1n) is 8.33. The Morgan fingerprint density at radius 3 is 2.32 bits per heavy atom. The van der Waals surface area contributed by atoms with Gasteiger partial charge in [0.15, 0.2) is 11.6 Å². The molecule has 0 spiro atoms. The van der Waals surface area contributed by atoms with Crippen molar-refractivity contribution in [1.29, 1.82) is 0 Å². The molecule has 0 N–H and O–H groups in total. The molecule has 0 bridgehead atoms. The lowest BCUT2D eigenvalue weighted by molar-refractivity contribution is -0.384. The quantitative estimate of drug-likeness (QED) is 0.588. The number of carbonyl (C=O) groups is 1. The van der Waals surface area contributed by atoms with Gasteiger partial charge in [-0.25, -0.2) is 13.2 Å². The van der Waals surface area contributed by atoms with Crippen molar-refractivity contribution in [3.05, 3.63) is 63.5 Å². The van der Waals surface area contributed by atoms with Gasteiger partial charge in [-0.15, -0.1) is 0 Å². The Balaban J connectivity index is 1.78.